The van der Waals surface area contributed by atoms with Crippen LogP contribution in [-0.4, -0.2) is 44.4 Å². The summed E-state index contributed by atoms with van der Waals surface area (Å²) in [5.74, 6) is 0.749. The molecule has 0 aliphatic rings. The minimum absolute atomic E-state index is 0.00758. The van der Waals surface area contributed by atoms with E-state index in [1.54, 1.807) is 35.9 Å². The van der Waals surface area contributed by atoms with Crippen molar-refractivity contribution in [2.75, 3.05) is 18.2 Å². The summed E-state index contributed by atoms with van der Waals surface area (Å²) in [5, 5.41) is 9.80. The van der Waals surface area contributed by atoms with E-state index in [0.29, 0.717) is 22.4 Å². The smallest absolute Gasteiger partial charge is 0.325 e. The maximum absolute atomic E-state index is 12.1. The van der Waals surface area contributed by atoms with Gasteiger partial charge in [0.05, 0.1) is 12.9 Å². The third-order valence-electron chi connectivity index (χ3n) is 4.74. The van der Waals surface area contributed by atoms with Crippen molar-refractivity contribution in [2.24, 2.45) is 0 Å². The van der Waals surface area contributed by atoms with Gasteiger partial charge in [-0.2, -0.15) is 4.98 Å². The van der Waals surface area contributed by atoms with Gasteiger partial charge < -0.3 is 10.1 Å². The number of unbranched alkanes of at least 4 members (excludes halogenated alkanes) is 1. The predicted octanol–water partition coefficient (Wildman–Crippen LogP) is 3.53. The summed E-state index contributed by atoms with van der Waals surface area (Å²) >= 11 is 1.15. The van der Waals surface area contributed by atoms with Gasteiger partial charge in [0.2, 0.25) is 11.1 Å². The molecule has 164 valence electrons. The van der Waals surface area contributed by atoms with Crippen LogP contribution in [-0.2, 0) is 11.2 Å². The Morgan fingerprint density at radius 2 is 1.90 bits per heavy atom. The highest BCUT2D eigenvalue weighted by Crippen LogP contribution is 2.19. The second kappa shape index (κ2) is 10.3. The van der Waals surface area contributed by atoms with Gasteiger partial charge in [-0.25, -0.2) is 14.3 Å². The van der Waals surface area contributed by atoms with Crippen molar-refractivity contribution in [2.45, 2.75) is 45.2 Å². The molecule has 2 N–H and O–H groups in total. The molecule has 9 nitrogen and oxygen atoms in total. The van der Waals surface area contributed by atoms with Crippen LogP contribution in [0, 0.1) is 13.8 Å². The molecule has 0 fully saturated rings. The summed E-state index contributed by atoms with van der Waals surface area (Å²) in [5.41, 5.74) is 3.70. The number of hydrogen-bond acceptors (Lipinski definition) is 7. The zero-order chi connectivity index (χ0) is 22.4. The SMILES string of the molecule is CCCCc1c(C)nc2nc(SCC(=O)NC(=O)Nc3ccc(OC)cc3)nn2c1C. The van der Waals surface area contributed by atoms with E-state index in [9.17, 15) is 9.59 Å². The van der Waals surface area contributed by atoms with Gasteiger partial charge in [-0.3, -0.25) is 10.1 Å². The molecule has 3 aromatic rings. The van der Waals surface area contributed by atoms with Gasteiger partial charge in [-0.1, -0.05) is 25.1 Å². The molecule has 0 bridgehead atoms. The lowest BCUT2D eigenvalue weighted by atomic mass is 10.1. The highest BCUT2D eigenvalue weighted by molar-refractivity contribution is 7.99. The molecule has 2 heterocycles. The third-order valence-corrected chi connectivity index (χ3v) is 5.58. The van der Waals surface area contributed by atoms with Crippen molar-refractivity contribution in [1.82, 2.24) is 24.9 Å². The second-order valence-electron chi connectivity index (χ2n) is 6.99. The summed E-state index contributed by atoms with van der Waals surface area (Å²) in [6.45, 7) is 6.14. The number of ether oxygens (including phenoxy) is 1. The lowest BCUT2D eigenvalue weighted by molar-refractivity contribution is -0.117. The van der Waals surface area contributed by atoms with E-state index in [2.05, 4.69) is 32.6 Å². The minimum atomic E-state index is -0.604. The molecule has 0 radical (unpaired) electrons. The van der Waals surface area contributed by atoms with Crippen molar-refractivity contribution in [3.05, 3.63) is 41.2 Å². The molecule has 31 heavy (non-hydrogen) atoms. The Balaban J connectivity index is 1.57. The van der Waals surface area contributed by atoms with Crippen LogP contribution in [0.2, 0.25) is 0 Å². The molecule has 3 amide bonds. The molecule has 10 heteroatoms. The summed E-state index contributed by atoms with van der Waals surface area (Å²) in [7, 11) is 1.56. The number of urea groups is 1. The van der Waals surface area contributed by atoms with E-state index in [1.807, 2.05) is 13.8 Å². The number of aryl methyl sites for hydroxylation is 2. The first kappa shape index (κ1) is 22.5. The molecule has 1 aromatic carbocycles. The van der Waals surface area contributed by atoms with Crippen molar-refractivity contribution in [3.63, 3.8) is 0 Å². The van der Waals surface area contributed by atoms with Crippen molar-refractivity contribution in [3.8, 4) is 5.75 Å². The molecule has 0 saturated heterocycles. The van der Waals surface area contributed by atoms with E-state index >= 15 is 0 Å². The third kappa shape index (κ3) is 5.72. The van der Waals surface area contributed by atoms with Crippen LogP contribution in [0.1, 0.15) is 36.7 Å². The zero-order valence-electron chi connectivity index (χ0n) is 18.1. The number of carbonyl (C=O) groups is 2. The number of hydrogen-bond donors (Lipinski definition) is 2. The number of amides is 3. The van der Waals surface area contributed by atoms with Crippen molar-refractivity contribution in [1.29, 1.82) is 0 Å². The summed E-state index contributed by atoms with van der Waals surface area (Å²) < 4.78 is 6.79. The van der Waals surface area contributed by atoms with Crippen LogP contribution in [0.3, 0.4) is 0 Å². The van der Waals surface area contributed by atoms with E-state index in [4.69, 9.17) is 4.74 Å². The Bertz CT molecular complexity index is 1080. The van der Waals surface area contributed by atoms with Crippen LogP contribution in [0.5, 0.6) is 5.75 Å². The van der Waals surface area contributed by atoms with Gasteiger partial charge in [-0.05, 0) is 56.5 Å². The van der Waals surface area contributed by atoms with Gasteiger partial charge in [0.1, 0.15) is 5.75 Å². The number of anilines is 1. The first-order chi connectivity index (χ1) is 14.9. The highest BCUT2D eigenvalue weighted by Gasteiger charge is 2.15. The number of methoxy groups -OCH3 is 1. The van der Waals surface area contributed by atoms with Crippen LogP contribution < -0.4 is 15.4 Å². The molecule has 0 spiro atoms. The van der Waals surface area contributed by atoms with E-state index in [0.717, 1.165) is 42.4 Å². The Morgan fingerprint density at radius 3 is 2.58 bits per heavy atom. The Kier molecular flexibility index (Phi) is 7.45. The summed E-state index contributed by atoms with van der Waals surface area (Å²) in [4.78, 5) is 33.1. The fourth-order valence-corrected chi connectivity index (χ4v) is 3.71. The number of thioether (sulfide) groups is 1. The molecule has 0 aliphatic carbocycles. The van der Waals surface area contributed by atoms with Gasteiger partial charge in [0.15, 0.2) is 0 Å². The quantitative estimate of drug-likeness (QED) is 0.513. The fraction of sp³-hybridized carbons (Fsp3) is 0.381. The number of carbonyl (C=O) groups excluding carboxylic acids is 2. The number of benzene rings is 1. The highest BCUT2D eigenvalue weighted by atomic mass is 32.2. The molecule has 0 unspecified atom stereocenters. The number of nitrogens with zero attached hydrogens (tertiary/aromatic N) is 4. The van der Waals surface area contributed by atoms with Gasteiger partial charge in [-0.15, -0.1) is 5.10 Å². The number of imide groups is 1. The average Bonchev–Trinajstić information content (AvgIpc) is 3.15. The maximum atomic E-state index is 12.1. The Labute approximate surface area is 185 Å². The molecular weight excluding hydrogens is 416 g/mol. The maximum Gasteiger partial charge on any atom is 0.325 e. The number of aromatic nitrogens is 4. The van der Waals surface area contributed by atoms with Gasteiger partial charge >= 0.3 is 6.03 Å². The number of nitrogens with one attached hydrogen (secondary N) is 2. The first-order valence-electron chi connectivity index (χ1n) is 10.0. The van der Waals surface area contributed by atoms with Crippen molar-refractivity contribution >= 4 is 35.2 Å². The molecule has 3 rings (SSSR count). The summed E-state index contributed by atoms with van der Waals surface area (Å²) in [6, 6.07) is 6.20. The standard InChI is InChI=1S/C21H26N6O3S/c1-5-6-7-17-13(2)22-19-25-21(26-27(19)14(17)3)31-12-18(28)24-20(29)23-15-8-10-16(30-4)11-9-15/h8-11H,5-7,12H2,1-4H3,(H2,23,24,28,29). The van der Waals surface area contributed by atoms with Crippen LogP contribution in [0.4, 0.5) is 10.5 Å². The average molecular weight is 443 g/mol. The summed E-state index contributed by atoms with van der Waals surface area (Å²) in [6.07, 6.45) is 3.14. The normalized spacial score (nSPS) is 10.8. The molecular formula is C21H26N6O3S. The van der Waals surface area contributed by atoms with E-state index < -0.39 is 11.9 Å². The molecule has 0 saturated carbocycles. The molecule has 0 atom stereocenters. The first-order valence-corrected chi connectivity index (χ1v) is 11.0. The largest absolute Gasteiger partial charge is 0.497 e. The zero-order valence-corrected chi connectivity index (χ0v) is 18.9. The van der Waals surface area contributed by atoms with Crippen LogP contribution >= 0.6 is 11.8 Å². The van der Waals surface area contributed by atoms with Crippen LogP contribution in [0.25, 0.3) is 5.78 Å². The Morgan fingerprint density at radius 1 is 1.16 bits per heavy atom. The van der Waals surface area contributed by atoms with E-state index in [1.165, 1.54) is 5.56 Å². The van der Waals surface area contributed by atoms with Crippen LogP contribution in [0.15, 0.2) is 29.4 Å². The predicted molar refractivity (Wildman–Crippen MR) is 120 cm³/mol. The topological polar surface area (TPSA) is 111 Å². The number of rotatable bonds is 8. The fourth-order valence-electron chi connectivity index (χ4n) is 3.10. The minimum Gasteiger partial charge on any atom is -0.497 e. The van der Waals surface area contributed by atoms with Crippen molar-refractivity contribution < 1.29 is 14.3 Å². The molecule has 2 aromatic heterocycles. The lowest BCUT2D eigenvalue weighted by Gasteiger charge is -2.09. The monoisotopic (exact) mass is 442 g/mol. The van der Waals surface area contributed by atoms with Gasteiger partial charge in [0.25, 0.3) is 5.78 Å². The lowest BCUT2D eigenvalue weighted by Crippen LogP contribution is -2.35. The Hall–Kier alpha value is -3.14. The van der Waals surface area contributed by atoms with E-state index in [-0.39, 0.29) is 5.75 Å². The molecule has 0 aliphatic heterocycles. The second-order valence-corrected chi connectivity index (χ2v) is 7.93. The van der Waals surface area contributed by atoms with Gasteiger partial charge in [0, 0.05) is 17.1 Å². The number of fused-ring (bicyclic) bond motifs is 1.